The highest BCUT2D eigenvalue weighted by atomic mass is 19.1. The average molecular weight is 264 g/mol. The number of hydrogen-bond acceptors (Lipinski definition) is 3. The highest BCUT2D eigenvalue weighted by molar-refractivity contribution is 6.56. The molecule has 0 unspecified atom stereocenters. The Labute approximate surface area is 119 Å². The maximum atomic E-state index is 14.0. The minimum Gasteiger partial charge on any atom is -0.465 e. The normalized spacial score (nSPS) is 11.3. The molecule has 1 heterocycles. The number of hydrogen-bond donors (Lipinski definition) is 0. The summed E-state index contributed by atoms with van der Waals surface area (Å²) in [6.07, 6.45) is 2.79. The molecule has 0 fully saturated rings. The van der Waals surface area contributed by atoms with Crippen molar-refractivity contribution in [2.75, 3.05) is 7.11 Å². The molecule has 0 aliphatic heterocycles. The Kier molecular flexibility index (Phi) is 3.75. The van der Waals surface area contributed by atoms with Gasteiger partial charge in [-0.25, -0.2) is 9.18 Å². The first kappa shape index (κ1) is 14.4. The third-order valence-corrected chi connectivity index (χ3v) is 2.68. The van der Waals surface area contributed by atoms with E-state index >= 15 is 0 Å². The zero-order valence-electron chi connectivity index (χ0n) is 10.7. The predicted molar refractivity (Wildman–Crippen MR) is 74.2 cm³/mol. The topological polar surface area (TPSA) is 44.1 Å². The predicted octanol–water partition coefficient (Wildman–Crippen LogP) is 0.549. The first-order chi connectivity index (χ1) is 9.32. The van der Waals surface area contributed by atoms with E-state index < -0.39 is 17.0 Å². The molecule has 0 saturated carbocycles. The van der Waals surface area contributed by atoms with E-state index in [0.29, 0.717) is 5.56 Å². The Hall–Kier alpha value is -1.98. The standard InChI is InChI=1S/C12H8B3FN2O2/c1-20-11(19)7-2-3-9(10(16)4-7)8-5-17-18(6-8)12(13,14)15/h2-6H,1H3. The van der Waals surface area contributed by atoms with Crippen LogP contribution in [0.1, 0.15) is 10.4 Å². The molecule has 20 heavy (non-hydrogen) atoms. The zero-order chi connectivity index (χ0) is 14.9. The van der Waals surface area contributed by atoms with Crippen molar-refractivity contribution >= 4 is 29.5 Å². The van der Waals surface area contributed by atoms with E-state index in [1.165, 1.54) is 31.6 Å². The van der Waals surface area contributed by atoms with Crippen molar-refractivity contribution < 1.29 is 13.9 Å². The van der Waals surface area contributed by atoms with Crippen LogP contribution in [0.3, 0.4) is 0 Å². The van der Waals surface area contributed by atoms with Crippen molar-refractivity contribution in [3.63, 3.8) is 0 Å². The van der Waals surface area contributed by atoms with Crippen LogP contribution >= 0.6 is 0 Å². The van der Waals surface area contributed by atoms with Gasteiger partial charge in [-0.2, -0.15) is 5.10 Å². The molecule has 1 aromatic heterocycles. The molecule has 0 N–H and O–H groups in total. The highest BCUT2D eigenvalue weighted by Crippen LogP contribution is 2.24. The third kappa shape index (κ3) is 2.79. The summed E-state index contributed by atoms with van der Waals surface area (Å²) in [6.45, 7) is 0. The lowest BCUT2D eigenvalue weighted by atomic mass is 9.49. The number of aromatic nitrogens is 2. The van der Waals surface area contributed by atoms with E-state index in [4.69, 9.17) is 23.5 Å². The third-order valence-electron chi connectivity index (χ3n) is 2.68. The van der Waals surface area contributed by atoms with Crippen molar-refractivity contribution in [2.24, 2.45) is 0 Å². The summed E-state index contributed by atoms with van der Waals surface area (Å²) >= 11 is 0. The van der Waals surface area contributed by atoms with Gasteiger partial charge < -0.3 is 4.74 Å². The molecule has 0 amide bonds. The zero-order valence-corrected chi connectivity index (χ0v) is 10.7. The van der Waals surface area contributed by atoms with E-state index in [1.54, 1.807) is 0 Å². The fourth-order valence-corrected chi connectivity index (χ4v) is 1.67. The molecular formula is C12H8B3FN2O2. The number of rotatable bonds is 3. The summed E-state index contributed by atoms with van der Waals surface area (Å²) in [5.41, 5.74) is 0.796. The van der Waals surface area contributed by atoms with Gasteiger partial charge >= 0.3 is 5.97 Å². The molecule has 0 spiro atoms. The summed E-state index contributed by atoms with van der Waals surface area (Å²) in [5.74, 6) is -1.21. The maximum absolute atomic E-state index is 14.0. The van der Waals surface area contributed by atoms with Crippen molar-refractivity contribution in [3.8, 4) is 11.1 Å². The first-order valence-electron chi connectivity index (χ1n) is 5.63. The average Bonchev–Trinajstić information content (AvgIpc) is 2.87. The smallest absolute Gasteiger partial charge is 0.337 e. The largest absolute Gasteiger partial charge is 0.465 e. The molecule has 1 aromatic carbocycles. The lowest BCUT2D eigenvalue weighted by Gasteiger charge is -2.20. The number of methoxy groups -OCH3 is 1. The summed E-state index contributed by atoms with van der Waals surface area (Å²) in [5, 5.41) is 2.20. The molecule has 0 atom stereocenters. The minimum absolute atomic E-state index is 0.118. The highest BCUT2D eigenvalue weighted by Gasteiger charge is 2.16. The summed E-state index contributed by atoms with van der Waals surface area (Å²) in [4.78, 5) is 11.3. The Morgan fingerprint density at radius 2 is 2.10 bits per heavy atom. The van der Waals surface area contributed by atoms with E-state index in [0.717, 1.165) is 10.7 Å². The number of carbonyl (C=O) groups excluding carboxylic acids is 1. The van der Waals surface area contributed by atoms with Crippen LogP contribution in [0.25, 0.3) is 11.1 Å². The molecule has 94 valence electrons. The molecule has 2 aromatic rings. The second-order valence-corrected chi connectivity index (χ2v) is 4.25. The molecule has 4 nitrogen and oxygen atoms in total. The van der Waals surface area contributed by atoms with Crippen LogP contribution < -0.4 is 0 Å². The number of ether oxygens (including phenoxy) is 1. The van der Waals surface area contributed by atoms with Gasteiger partial charge in [-0.15, -0.1) is 0 Å². The van der Waals surface area contributed by atoms with Gasteiger partial charge in [0.25, 0.3) is 0 Å². The fourth-order valence-electron chi connectivity index (χ4n) is 1.67. The molecule has 8 heteroatoms. The van der Waals surface area contributed by atoms with Crippen LogP contribution in [-0.4, -0.2) is 46.4 Å². The monoisotopic (exact) mass is 264 g/mol. The molecule has 0 aliphatic rings. The lowest BCUT2D eigenvalue weighted by Crippen LogP contribution is -2.35. The second-order valence-electron chi connectivity index (χ2n) is 4.25. The van der Waals surface area contributed by atoms with Gasteiger partial charge in [0.05, 0.1) is 42.4 Å². The molecule has 0 aliphatic carbocycles. The summed E-state index contributed by atoms with van der Waals surface area (Å²) in [6, 6.07) is 3.97. The molecular weight excluding hydrogens is 256 g/mol. The van der Waals surface area contributed by atoms with E-state index in [9.17, 15) is 9.18 Å². The fraction of sp³-hybridized carbons (Fsp3) is 0.167. The van der Waals surface area contributed by atoms with Gasteiger partial charge in [0.15, 0.2) is 0 Å². The van der Waals surface area contributed by atoms with Crippen LogP contribution in [-0.2, 0) is 9.97 Å². The van der Waals surface area contributed by atoms with Gasteiger partial charge in [-0.1, -0.05) is 6.07 Å². The van der Waals surface area contributed by atoms with E-state index in [1.807, 2.05) is 0 Å². The van der Waals surface area contributed by atoms with Crippen LogP contribution in [0.5, 0.6) is 0 Å². The number of benzene rings is 1. The van der Waals surface area contributed by atoms with Crippen LogP contribution in [0.15, 0.2) is 30.6 Å². The molecule has 0 bridgehead atoms. The Bertz CT molecular complexity index is 652. The van der Waals surface area contributed by atoms with Crippen LogP contribution in [0.2, 0.25) is 0 Å². The van der Waals surface area contributed by atoms with E-state index in [-0.39, 0.29) is 11.1 Å². The SMILES string of the molecule is [B]C([B])([B])n1cc(-c2ccc(C(=O)OC)cc2F)cn1. The summed E-state index contributed by atoms with van der Waals surface area (Å²) < 4.78 is 19.6. The summed E-state index contributed by atoms with van der Waals surface area (Å²) in [7, 11) is 17.6. The Balaban J connectivity index is 2.39. The van der Waals surface area contributed by atoms with Gasteiger partial charge in [0.1, 0.15) is 5.82 Å². The van der Waals surface area contributed by atoms with Crippen molar-refractivity contribution in [3.05, 3.63) is 42.0 Å². The number of nitrogens with zero attached hydrogens (tertiary/aromatic N) is 2. The van der Waals surface area contributed by atoms with Gasteiger partial charge in [0, 0.05) is 17.3 Å². The molecule has 6 radical (unpaired) electrons. The minimum atomic E-state index is -1.67. The van der Waals surface area contributed by atoms with Crippen molar-refractivity contribution in [2.45, 2.75) is 5.24 Å². The second kappa shape index (κ2) is 5.19. The molecule has 0 saturated heterocycles. The number of carbonyl (C=O) groups is 1. The van der Waals surface area contributed by atoms with Gasteiger partial charge in [0.2, 0.25) is 0 Å². The Morgan fingerprint density at radius 1 is 1.40 bits per heavy atom. The van der Waals surface area contributed by atoms with E-state index in [2.05, 4.69) is 9.84 Å². The number of esters is 1. The van der Waals surface area contributed by atoms with Gasteiger partial charge in [-0.3, -0.25) is 4.68 Å². The quantitative estimate of drug-likeness (QED) is 0.600. The lowest BCUT2D eigenvalue weighted by molar-refractivity contribution is 0.0600. The molecule has 2 rings (SSSR count). The van der Waals surface area contributed by atoms with Crippen LogP contribution in [0, 0.1) is 5.82 Å². The number of halogens is 1. The maximum Gasteiger partial charge on any atom is 0.337 e. The van der Waals surface area contributed by atoms with Crippen molar-refractivity contribution in [1.82, 2.24) is 9.78 Å². The first-order valence-corrected chi connectivity index (χ1v) is 5.63. The van der Waals surface area contributed by atoms with Crippen LogP contribution in [0.4, 0.5) is 4.39 Å². The Morgan fingerprint density at radius 3 is 2.60 bits per heavy atom. The van der Waals surface area contributed by atoms with Crippen molar-refractivity contribution in [1.29, 1.82) is 0 Å². The van der Waals surface area contributed by atoms with Gasteiger partial charge in [-0.05, 0) is 17.4 Å².